The van der Waals surface area contributed by atoms with Gasteiger partial charge in [-0.2, -0.15) is 0 Å². The van der Waals surface area contributed by atoms with E-state index >= 15 is 0 Å². The third-order valence-electron chi connectivity index (χ3n) is 3.31. The summed E-state index contributed by atoms with van der Waals surface area (Å²) in [6.45, 7) is 0.147. The topological polar surface area (TPSA) is 98.7 Å². The lowest BCUT2D eigenvalue weighted by atomic mass is 10.2. The van der Waals surface area contributed by atoms with Gasteiger partial charge in [-0.25, -0.2) is 8.78 Å². The number of rotatable bonds is 6. The van der Waals surface area contributed by atoms with E-state index in [1.54, 1.807) is 0 Å². The summed E-state index contributed by atoms with van der Waals surface area (Å²) in [5, 5.41) is 23.4. The van der Waals surface area contributed by atoms with Gasteiger partial charge >= 0.3 is 0 Å². The van der Waals surface area contributed by atoms with E-state index in [9.17, 15) is 28.6 Å². The fraction of sp³-hybridized carbons (Fsp3) is 0.111. The molecule has 0 aromatic heterocycles. The van der Waals surface area contributed by atoms with Crippen LogP contribution in [-0.2, 0) is 4.79 Å². The minimum absolute atomic E-state index is 0.0508. The van der Waals surface area contributed by atoms with Crippen molar-refractivity contribution in [2.45, 2.75) is 0 Å². The zero-order valence-electron chi connectivity index (χ0n) is 13.5. The molecule has 0 aliphatic carbocycles. The van der Waals surface area contributed by atoms with Crippen LogP contribution in [-0.4, -0.2) is 35.1 Å². The zero-order chi connectivity index (χ0) is 19.1. The van der Waals surface area contributed by atoms with Gasteiger partial charge in [0, 0.05) is 25.2 Å². The van der Waals surface area contributed by atoms with Crippen molar-refractivity contribution in [3.63, 3.8) is 0 Å². The van der Waals surface area contributed by atoms with E-state index in [0.29, 0.717) is 11.6 Å². The van der Waals surface area contributed by atoms with Gasteiger partial charge < -0.3 is 20.8 Å². The molecule has 0 radical (unpaired) electrons. The molecule has 4 N–H and O–H groups in total. The first kappa shape index (κ1) is 18.9. The van der Waals surface area contributed by atoms with E-state index in [1.807, 2.05) is 0 Å². The quantitative estimate of drug-likeness (QED) is 0.359. The van der Waals surface area contributed by atoms with Gasteiger partial charge in [-0.15, -0.1) is 0 Å². The lowest BCUT2D eigenvalue weighted by Crippen LogP contribution is -2.34. The van der Waals surface area contributed by atoms with Gasteiger partial charge in [-0.05, 0) is 35.9 Å². The van der Waals surface area contributed by atoms with Crippen LogP contribution < -0.4 is 10.6 Å². The molecule has 0 aliphatic heterocycles. The summed E-state index contributed by atoms with van der Waals surface area (Å²) in [5.41, 5.74) is 0.222. The van der Waals surface area contributed by atoms with E-state index in [4.69, 9.17) is 0 Å². The van der Waals surface area contributed by atoms with Gasteiger partial charge in [0.25, 0.3) is 5.91 Å². The van der Waals surface area contributed by atoms with Gasteiger partial charge in [0.05, 0.1) is 5.56 Å². The van der Waals surface area contributed by atoms with Crippen LogP contribution in [0.4, 0.5) is 8.78 Å². The van der Waals surface area contributed by atoms with Crippen molar-refractivity contribution in [2.24, 2.45) is 0 Å². The monoisotopic (exact) mass is 362 g/mol. The average molecular weight is 362 g/mol. The molecule has 0 heterocycles. The van der Waals surface area contributed by atoms with Crippen LogP contribution in [0.25, 0.3) is 6.08 Å². The number of carbonyl (C=O) groups excluding carboxylic acids is 2. The lowest BCUT2D eigenvalue weighted by Gasteiger charge is -2.06. The molecule has 0 bridgehead atoms. The molecular weight excluding hydrogens is 346 g/mol. The van der Waals surface area contributed by atoms with Crippen LogP contribution in [0.3, 0.4) is 0 Å². The first-order chi connectivity index (χ1) is 12.4. The largest absolute Gasteiger partial charge is 0.504 e. The smallest absolute Gasteiger partial charge is 0.254 e. The fourth-order valence-electron chi connectivity index (χ4n) is 2.01. The maximum absolute atomic E-state index is 13.4. The SMILES string of the molecule is O=C(/C=C/c1ccc(O)c(O)c1)NCCNC(=O)c1ccc(F)cc1F. The molecule has 0 aliphatic rings. The first-order valence-electron chi connectivity index (χ1n) is 7.58. The number of phenols is 2. The molecule has 2 rings (SSSR count). The lowest BCUT2D eigenvalue weighted by molar-refractivity contribution is -0.116. The molecule has 2 aromatic carbocycles. The maximum atomic E-state index is 13.4. The van der Waals surface area contributed by atoms with E-state index in [-0.39, 0.29) is 30.2 Å². The Morgan fingerprint density at radius 3 is 2.38 bits per heavy atom. The van der Waals surface area contributed by atoms with Crippen molar-refractivity contribution in [2.75, 3.05) is 13.1 Å². The minimum atomic E-state index is -0.966. The van der Waals surface area contributed by atoms with Crippen molar-refractivity contribution in [3.8, 4) is 11.5 Å². The average Bonchev–Trinajstić information content (AvgIpc) is 2.59. The Kier molecular flexibility index (Phi) is 6.26. The van der Waals surface area contributed by atoms with Crippen molar-refractivity contribution in [1.29, 1.82) is 0 Å². The van der Waals surface area contributed by atoms with Crippen molar-refractivity contribution in [1.82, 2.24) is 10.6 Å². The third-order valence-corrected chi connectivity index (χ3v) is 3.31. The summed E-state index contributed by atoms with van der Waals surface area (Å²) in [6, 6.07) is 6.71. The molecule has 0 atom stereocenters. The van der Waals surface area contributed by atoms with Gasteiger partial charge in [0.2, 0.25) is 5.91 Å². The highest BCUT2D eigenvalue weighted by atomic mass is 19.1. The molecule has 0 saturated heterocycles. The van der Waals surface area contributed by atoms with Crippen molar-refractivity contribution < 1.29 is 28.6 Å². The van der Waals surface area contributed by atoms with Gasteiger partial charge in [0.1, 0.15) is 11.6 Å². The van der Waals surface area contributed by atoms with Crippen LogP contribution in [0.2, 0.25) is 0 Å². The minimum Gasteiger partial charge on any atom is -0.504 e. The number of hydrogen-bond donors (Lipinski definition) is 4. The maximum Gasteiger partial charge on any atom is 0.254 e. The van der Waals surface area contributed by atoms with Crippen LogP contribution in [0.1, 0.15) is 15.9 Å². The summed E-state index contributed by atoms with van der Waals surface area (Å²) >= 11 is 0. The van der Waals surface area contributed by atoms with Crippen LogP contribution in [0.5, 0.6) is 11.5 Å². The number of phenolic OH excluding ortho intramolecular Hbond substituents is 2. The molecule has 0 fully saturated rings. The molecule has 2 amide bonds. The normalized spacial score (nSPS) is 10.7. The number of nitrogens with one attached hydrogen (secondary N) is 2. The molecule has 0 spiro atoms. The Hall–Kier alpha value is -3.42. The predicted molar refractivity (Wildman–Crippen MR) is 90.5 cm³/mol. The third kappa shape index (κ3) is 5.30. The molecule has 0 saturated carbocycles. The molecule has 136 valence electrons. The number of hydrogen-bond acceptors (Lipinski definition) is 4. The highest BCUT2D eigenvalue weighted by molar-refractivity contribution is 5.94. The first-order valence-corrected chi connectivity index (χ1v) is 7.58. The Labute approximate surface area is 147 Å². The van der Waals surface area contributed by atoms with E-state index in [0.717, 1.165) is 12.1 Å². The molecule has 8 heteroatoms. The summed E-state index contributed by atoms with van der Waals surface area (Å²) in [4.78, 5) is 23.4. The number of amides is 2. The second-order valence-electron chi connectivity index (χ2n) is 5.25. The highest BCUT2D eigenvalue weighted by Gasteiger charge is 2.11. The van der Waals surface area contributed by atoms with Crippen LogP contribution >= 0.6 is 0 Å². The highest BCUT2D eigenvalue weighted by Crippen LogP contribution is 2.25. The van der Waals surface area contributed by atoms with E-state index < -0.39 is 23.4 Å². The second-order valence-corrected chi connectivity index (χ2v) is 5.25. The summed E-state index contributed by atoms with van der Waals surface area (Å²) in [7, 11) is 0. The van der Waals surface area contributed by atoms with E-state index in [2.05, 4.69) is 10.6 Å². The van der Waals surface area contributed by atoms with Crippen LogP contribution in [0, 0.1) is 11.6 Å². The Morgan fingerprint density at radius 1 is 0.962 bits per heavy atom. The van der Waals surface area contributed by atoms with E-state index in [1.165, 1.54) is 30.4 Å². The molecular formula is C18H16F2N2O4. The second kappa shape index (κ2) is 8.61. The Balaban J connectivity index is 1.76. The predicted octanol–water partition coefficient (Wildman–Crippen LogP) is 1.94. The number of carbonyl (C=O) groups is 2. The van der Waals surface area contributed by atoms with Gasteiger partial charge in [-0.1, -0.05) is 6.07 Å². The van der Waals surface area contributed by atoms with Crippen molar-refractivity contribution in [3.05, 3.63) is 65.2 Å². The number of aromatic hydroxyl groups is 2. The summed E-state index contributed by atoms with van der Waals surface area (Å²) < 4.78 is 26.2. The van der Waals surface area contributed by atoms with Gasteiger partial charge in [0.15, 0.2) is 11.5 Å². The fourth-order valence-corrected chi connectivity index (χ4v) is 2.01. The number of benzene rings is 2. The van der Waals surface area contributed by atoms with Crippen LogP contribution in [0.15, 0.2) is 42.5 Å². The Morgan fingerprint density at radius 2 is 1.69 bits per heavy atom. The number of halogens is 2. The molecule has 6 nitrogen and oxygen atoms in total. The Bertz CT molecular complexity index is 853. The molecule has 26 heavy (non-hydrogen) atoms. The molecule has 2 aromatic rings. The summed E-state index contributed by atoms with van der Waals surface area (Å²) in [6.07, 6.45) is 2.65. The van der Waals surface area contributed by atoms with Crippen molar-refractivity contribution >= 4 is 17.9 Å². The molecule has 0 unspecified atom stereocenters. The standard InChI is InChI=1S/C18H16F2N2O4/c19-12-3-4-13(14(20)10-12)18(26)22-8-7-21-17(25)6-2-11-1-5-15(23)16(24)9-11/h1-6,9-10,23-24H,7-8H2,(H,21,25)(H,22,26)/b6-2+. The van der Waals surface area contributed by atoms with Gasteiger partial charge in [-0.3, -0.25) is 9.59 Å². The zero-order valence-corrected chi connectivity index (χ0v) is 13.5. The summed E-state index contributed by atoms with van der Waals surface area (Å²) in [5.74, 6) is -3.47.